The van der Waals surface area contributed by atoms with Gasteiger partial charge in [-0.2, -0.15) is 4.39 Å². The predicted molar refractivity (Wildman–Crippen MR) is 93.6 cm³/mol. The molecule has 3 rings (SSSR count). The molecule has 1 aliphatic rings. The molecular formula is C21H20F2O. The minimum absolute atomic E-state index is 0.149. The highest BCUT2D eigenvalue weighted by atomic mass is 19.2. The van der Waals surface area contributed by atoms with Gasteiger partial charge in [0.1, 0.15) is 0 Å². The lowest BCUT2D eigenvalue weighted by Crippen LogP contribution is -2.04. The van der Waals surface area contributed by atoms with Crippen molar-refractivity contribution in [2.24, 2.45) is 5.92 Å². The number of phenols is 1. The van der Waals surface area contributed by atoms with Crippen molar-refractivity contribution in [3.63, 3.8) is 0 Å². The van der Waals surface area contributed by atoms with E-state index >= 15 is 0 Å². The lowest BCUT2D eigenvalue weighted by Gasteiger charge is -2.20. The number of hydrogen-bond acceptors (Lipinski definition) is 1. The normalized spacial score (nSPS) is 17.6. The highest BCUT2D eigenvalue weighted by Gasteiger charge is 2.15. The number of halogens is 2. The maximum absolute atomic E-state index is 13.9. The van der Waals surface area contributed by atoms with Gasteiger partial charge >= 0.3 is 0 Å². The van der Waals surface area contributed by atoms with Gasteiger partial charge in [-0.3, -0.25) is 0 Å². The van der Waals surface area contributed by atoms with E-state index in [-0.39, 0.29) is 5.56 Å². The van der Waals surface area contributed by atoms with Crippen LogP contribution in [0.4, 0.5) is 8.78 Å². The molecule has 1 N–H and O–H groups in total. The van der Waals surface area contributed by atoms with Crippen molar-refractivity contribution in [3.8, 4) is 16.9 Å². The molecule has 1 nitrogen and oxygen atoms in total. The molecule has 0 spiro atoms. The molecule has 1 fully saturated rings. The zero-order valence-electron chi connectivity index (χ0n) is 13.4. The first-order valence-corrected chi connectivity index (χ1v) is 8.18. The van der Waals surface area contributed by atoms with Crippen molar-refractivity contribution in [1.29, 1.82) is 0 Å². The maximum atomic E-state index is 13.9. The minimum atomic E-state index is -1.21. The molecule has 0 amide bonds. The average molecular weight is 326 g/mol. The average Bonchev–Trinajstić information content (AvgIpc) is 2.61. The summed E-state index contributed by atoms with van der Waals surface area (Å²) in [7, 11) is 0. The third kappa shape index (κ3) is 3.40. The van der Waals surface area contributed by atoms with E-state index in [1.807, 2.05) is 18.2 Å². The van der Waals surface area contributed by atoms with E-state index in [4.69, 9.17) is 0 Å². The zero-order chi connectivity index (χ0) is 17.1. The SMILES string of the molecule is C=CC1CCC(=Cc2ccc(-c3ccc(O)c(F)c3F)cc2)CC1. The topological polar surface area (TPSA) is 20.2 Å². The molecule has 24 heavy (non-hydrogen) atoms. The Labute approximate surface area is 141 Å². The monoisotopic (exact) mass is 326 g/mol. The number of hydrogen-bond donors (Lipinski definition) is 1. The van der Waals surface area contributed by atoms with Crippen LogP contribution in [0, 0.1) is 17.6 Å². The van der Waals surface area contributed by atoms with Crippen LogP contribution in [-0.4, -0.2) is 5.11 Å². The second kappa shape index (κ2) is 7.00. The summed E-state index contributed by atoms with van der Waals surface area (Å²) in [4.78, 5) is 0. The summed E-state index contributed by atoms with van der Waals surface area (Å²) in [5.41, 5.74) is 3.22. The Bertz CT molecular complexity index is 765. The van der Waals surface area contributed by atoms with Crippen molar-refractivity contribution in [2.75, 3.05) is 0 Å². The predicted octanol–water partition coefficient (Wildman–Crippen LogP) is 6.10. The summed E-state index contributed by atoms with van der Waals surface area (Å²) >= 11 is 0. The molecule has 0 saturated heterocycles. The Morgan fingerprint density at radius 2 is 1.62 bits per heavy atom. The Kier molecular flexibility index (Phi) is 4.79. The van der Waals surface area contributed by atoms with E-state index < -0.39 is 17.4 Å². The van der Waals surface area contributed by atoms with Crippen LogP contribution in [0.2, 0.25) is 0 Å². The molecule has 2 aromatic rings. The number of aromatic hydroxyl groups is 1. The van der Waals surface area contributed by atoms with Crippen molar-refractivity contribution < 1.29 is 13.9 Å². The molecule has 0 radical (unpaired) electrons. The van der Waals surface area contributed by atoms with Crippen molar-refractivity contribution >= 4 is 6.08 Å². The van der Waals surface area contributed by atoms with Gasteiger partial charge in [-0.1, -0.05) is 42.0 Å². The van der Waals surface area contributed by atoms with E-state index in [0.717, 1.165) is 31.2 Å². The molecular weight excluding hydrogens is 306 g/mol. The van der Waals surface area contributed by atoms with Gasteiger partial charge in [0.25, 0.3) is 0 Å². The van der Waals surface area contributed by atoms with E-state index in [2.05, 4.69) is 12.7 Å². The van der Waals surface area contributed by atoms with Gasteiger partial charge in [-0.25, -0.2) is 4.39 Å². The second-order valence-corrected chi connectivity index (χ2v) is 6.26. The van der Waals surface area contributed by atoms with Crippen LogP contribution in [0.1, 0.15) is 31.2 Å². The number of allylic oxidation sites excluding steroid dienone is 2. The van der Waals surface area contributed by atoms with Gasteiger partial charge in [0.05, 0.1) is 0 Å². The summed E-state index contributed by atoms with van der Waals surface area (Å²) in [6.07, 6.45) is 8.66. The van der Waals surface area contributed by atoms with Crippen LogP contribution in [0.3, 0.4) is 0 Å². The molecule has 3 heteroatoms. The molecule has 124 valence electrons. The lowest BCUT2D eigenvalue weighted by atomic mass is 9.85. The van der Waals surface area contributed by atoms with Gasteiger partial charge in [0.15, 0.2) is 11.6 Å². The summed E-state index contributed by atoms with van der Waals surface area (Å²) < 4.78 is 27.4. The van der Waals surface area contributed by atoms with Gasteiger partial charge in [0, 0.05) is 5.56 Å². The third-order valence-electron chi connectivity index (χ3n) is 4.66. The van der Waals surface area contributed by atoms with E-state index in [1.54, 1.807) is 12.1 Å². The summed E-state index contributed by atoms with van der Waals surface area (Å²) in [6, 6.07) is 9.92. The highest BCUT2D eigenvalue weighted by molar-refractivity contribution is 5.67. The van der Waals surface area contributed by atoms with Crippen LogP contribution in [-0.2, 0) is 0 Å². The van der Waals surface area contributed by atoms with Crippen LogP contribution in [0.15, 0.2) is 54.6 Å². The fourth-order valence-electron chi connectivity index (χ4n) is 3.15. The number of benzene rings is 2. The van der Waals surface area contributed by atoms with Crippen molar-refractivity contribution in [2.45, 2.75) is 25.7 Å². The molecule has 1 saturated carbocycles. The smallest absolute Gasteiger partial charge is 0.200 e. The lowest BCUT2D eigenvalue weighted by molar-refractivity contribution is 0.408. The molecule has 0 atom stereocenters. The molecule has 0 unspecified atom stereocenters. The van der Waals surface area contributed by atoms with E-state index in [0.29, 0.717) is 11.5 Å². The summed E-state index contributed by atoms with van der Waals surface area (Å²) in [6.45, 7) is 3.86. The maximum Gasteiger partial charge on any atom is 0.200 e. The molecule has 0 bridgehead atoms. The van der Waals surface area contributed by atoms with Gasteiger partial charge in [0.2, 0.25) is 5.82 Å². The first-order valence-electron chi connectivity index (χ1n) is 8.18. The van der Waals surface area contributed by atoms with E-state index in [1.165, 1.54) is 17.7 Å². The van der Waals surface area contributed by atoms with Crippen LogP contribution in [0.5, 0.6) is 5.75 Å². The number of rotatable bonds is 3. The fourth-order valence-corrected chi connectivity index (χ4v) is 3.15. The van der Waals surface area contributed by atoms with Crippen LogP contribution in [0.25, 0.3) is 17.2 Å². The highest BCUT2D eigenvalue weighted by Crippen LogP contribution is 2.32. The Morgan fingerprint density at radius 1 is 0.958 bits per heavy atom. The standard InChI is InChI=1S/C21H20F2O/c1-2-14-3-5-15(6-4-14)13-16-7-9-17(10-8-16)18-11-12-19(24)21(23)20(18)22/h2,7-14,24H,1,3-6H2. The van der Waals surface area contributed by atoms with Gasteiger partial charge in [-0.15, -0.1) is 6.58 Å². The fraction of sp³-hybridized carbons (Fsp3) is 0.238. The van der Waals surface area contributed by atoms with E-state index in [9.17, 15) is 13.9 Å². The second-order valence-electron chi connectivity index (χ2n) is 6.26. The molecule has 0 aromatic heterocycles. The Hall–Kier alpha value is -2.42. The first kappa shape index (κ1) is 16.4. The van der Waals surface area contributed by atoms with Gasteiger partial charge < -0.3 is 5.11 Å². The molecule has 1 aliphatic carbocycles. The Balaban J connectivity index is 1.79. The van der Waals surface area contributed by atoms with Crippen molar-refractivity contribution in [1.82, 2.24) is 0 Å². The summed E-state index contributed by atoms with van der Waals surface area (Å²) in [5.74, 6) is -2.29. The number of phenolic OH excluding ortho intramolecular Hbond substituents is 1. The largest absolute Gasteiger partial charge is 0.505 e. The van der Waals surface area contributed by atoms with Crippen molar-refractivity contribution in [3.05, 3.63) is 71.8 Å². The third-order valence-corrected chi connectivity index (χ3v) is 4.66. The molecule has 0 heterocycles. The molecule has 0 aliphatic heterocycles. The summed E-state index contributed by atoms with van der Waals surface area (Å²) in [5, 5.41) is 9.21. The van der Waals surface area contributed by atoms with Crippen LogP contribution < -0.4 is 0 Å². The Morgan fingerprint density at radius 3 is 2.25 bits per heavy atom. The zero-order valence-corrected chi connectivity index (χ0v) is 13.4. The quantitative estimate of drug-likeness (QED) is 0.676. The minimum Gasteiger partial charge on any atom is -0.505 e. The van der Waals surface area contributed by atoms with Gasteiger partial charge in [-0.05, 0) is 54.9 Å². The van der Waals surface area contributed by atoms with Crippen LogP contribution >= 0.6 is 0 Å². The molecule has 2 aromatic carbocycles. The first-order chi connectivity index (χ1) is 11.6.